The molecule has 0 radical (unpaired) electrons. The van der Waals surface area contributed by atoms with E-state index in [-0.39, 0.29) is 11.8 Å². The van der Waals surface area contributed by atoms with Crippen molar-refractivity contribution in [1.82, 2.24) is 15.3 Å². The number of nitrogens with zero attached hydrogens (tertiary/aromatic N) is 1. The van der Waals surface area contributed by atoms with Gasteiger partial charge in [0, 0.05) is 59.9 Å². The van der Waals surface area contributed by atoms with Crippen LogP contribution in [0.5, 0.6) is 5.75 Å². The Morgan fingerprint density at radius 1 is 1.06 bits per heavy atom. The van der Waals surface area contributed by atoms with E-state index in [0.29, 0.717) is 19.4 Å². The number of benzene rings is 2. The second-order valence-corrected chi connectivity index (χ2v) is 7.86. The zero-order chi connectivity index (χ0) is 22.3. The molecular formula is C27H29N3O2. The Morgan fingerprint density at radius 2 is 1.91 bits per heavy atom. The molecule has 0 bridgehead atoms. The Hall–Kier alpha value is -3.60. The Bertz CT molecular complexity index is 1180. The molecule has 2 aromatic heterocycles. The molecule has 2 aromatic carbocycles. The third-order valence-electron chi connectivity index (χ3n) is 5.92. The quantitative estimate of drug-likeness (QED) is 0.394. The molecule has 0 aliphatic rings. The highest BCUT2D eigenvalue weighted by Crippen LogP contribution is 2.38. The summed E-state index contributed by atoms with van der Waals surface area (Å²) in [5.41, 5.74) is 5.50. The van der Waals surface area contributed by atoms with Crippen molar-refractivity contribution in [3.05, 3.63) is 95.4 Å². The van der Waals surface area contributed by atoms with Crippen LogP contribution in [0, 0.1) is 0 Å². The third kappa shape index (κ3) is 4.67. The second kappa shape index (κ2) is 10.1. The number of methoxy groups -OCH3 is 1. The van der Waals surface area contributed by atoms with Crippen molar-refractivity contribution < 1.29 is 9.53 Å². The highest BCUT2D eigenvalue weighted by molar-refractivity contribution is 5.88. The maximum Gasteiger partial charge on any atom is 0.220 e. The monoisotopic (exact) mass is 427 g/mol. The number of carbonyl (C=O) groups excluding carboxylic acids is 1. The molecule has 5 heteroatoms. The average Bonchev–Trinajstić information content (AvgIpc) is 3.27. The molecule has 1 atom stereocenters. The summed E-state index contributed by atoms with van der Waals surface area (Å²) in [6, 6.07) is 20.1. The number of para-hydroxylation sites is 2. The van der Waals surface area contributed by atoms with E-state index in [4.69, 9.17) is 4.74 Å². The fraction of sp³-hybridized carbons (Fsp3) is 0.259. The minimum atomic E-state index is -0.123. The van der Waals surface area contributed by atoms with Crippen LogP contribution in [0.15, 0.2) is 73.1 Å². The van der Waals surface area contributed by atoms with Crippen molar-refractivity contribution in [2.24, 2.45) is 0 Å². The number of nitrogens with one attached hydrogen (secondary N) is 2. The number of carbonyl (C=O) groups is 1. The van der Waals surface area contributed by atoms with E-state index < -0.39 is 0 Å². The van der Waals surface area contributed by atoms with Gasteiger partial charge in [-0.25, -0.2) is 0 Å². The van der Waals surface area contributed by atoms with Gasteiger partial charge < -0.3 is 15.0 Å². The lowest BCUT2D eigenvalue weighted by molar-refractivity contribution is -0.121. The van der Waals surface area contributed by atoms with E-state index >= 15 is 0 Å². The van der Waals surface area contributed by atoms with Crippen LogP contribution in [0.3, 0.4) is 0 Å². The molecule has 0 saturated carbocycles. The van der Waals surface area contributed by atoms with Gasteiger partial charge in [0.15, 0.2) is 0 Å². The molecule has 0 fully saturated rings. The van der Waals surface area contributed by atoms with Crippen LogP contribution in [-0.2, 0) is 17.6 Å². The lowest BCUT2D eigenvalue weighted by Crippen LogP contribution is -2.27. The first-order chi connectivity index (χ1) is 15.7. The van der Waals surface area contributed by atoms with Gasteiger partial charge in [0.05, 0.1) is 7.11 Å². The van der Waals surface area contributed by atoms with Crippen LogP contribution in [0.4, 0.5) is 0 Å². The number of aromatic amines is 1. The Balaban J connectivity index is 1.61. The first-order valence-electron chi connectivity index (χ1n) is 11.1. The Kier molecular flexibility index (Phi) is 6.85. The summed E-state index contributed by atoms with van der Waals surface area (Å²) in [6.45, 7) is 2.71. The predicted octanol–water partition coefficient (Wildman–Crippen LogP) is 5.01. The minimum absolute atomic E-state index is 0.0119. The van der Waals surface area contributed by atoms with E-state index in [2.05, 4.69) is 40.4 Å². The molecule has 164 valence electrons. The number of H-pyrrole nitrogens is 1. The second-order valence-electron chi connectivity index (χ2n) is 7.86. The molecule has 0 aliphatic carbocycles. The van der Waals surface area contributed by atoms with Gasteiger partial charge >= 0.3 is 0 Å². The number of pyridine rings is 1. The van der Waals surface area contributed by atoms with Crippen molar-refractivity contribution in [3.63, 3.8) is 0 Å². The van der Waals surface area contributed by atoms with Gasteiger partial charge in [0.2, 0.25) is 5.91 Å². The maximum atomic E-state index is 13.0. The maximum absolute atomic E-state index is 13.0. The van der Waals surface area contributed by atoms with Gasteiger partial charge in [-0.3, -0.25) is 9.78 Å². The lowest BCUT2D eigenvalue weighted by Gasteiger charge is -2.20. The minimum Gasteiger partial charge on any atom is -0.496 e. The van der Waals surface area contributed by atoms with Crippen LogP contribution < -0.4 is 10.1 Å². The van der Waals surface area contributed by atoms with Crippen molar-refractivity contribution in [2.75, 3.05) is 13.7 Å². The number of hydrogen-bond donors (Lipinski definition) is 2. The van der Waals surface area contributed by atoms with Gasteiger partial charge in [-0.2, -0.15) is 0 Å². The Labute approximate surface area is 188 Å². The summed E-state index contributed by atoms with van der Waals surface area (Å²) >= 11 is 0. The van der Waals surface area contributed by atoms with Gasteiger partial charge in [-0.15, -0.1) is 0 Å². The molecule has 4 rings (SSSR count). The summed E-state index contributed by atoms with van der Waals surface area (Å²) in [6.07, 6.45) is 5.81. The summed E-state index contributed by atoms with van der Waals surface area (Å²) in [5.74, 6) is 0.680. The SMILES string of the molecule is CCc1cccc2c(C(CC(=O)NCCc3ccccn3)c3ccccc3OC)c[nH]c12. The average molecular weight is 428 g/mol. The summed E-state index contributed by atoms with van der Waals surface area (Å²) in [4.78, 5) is 20.8. The van der Waals surface area contributed by atoms with E-state index in [1.807, 2.05) is 48.7 Å². The van der Waals surface area contributed by atoms with Crippen molar-refractivity contribution in [1.29, 1.82) is 0 Å². The molecule has 0 saturated heterocycles. The molecule has 1 amide bonds. The summed E-state index contributed by atoms with van der Waals surface area (Å²) in [7, 11) is 1.67. The zero-order valence-corrected chi connectivity index (χ0v) is 18.6. The molecule has 1 unspecified atom stereocenters. The standard InChI is InChI=1S/C27H29N3O2/c1-3-19-9-8-12-22-24(18-30-27(19)22)23(21-11-4-5-13-25(21)32-2)17-26(31)29-16-14-20-10-6-7-15-28-20/h4-13,15,18,23,30H,3,14,16-17H2,1-2H3,(H,29,31). The van der Waals surface area contributed by atoms with E-state index in [9.17, 15) is 4.79 Å². The number of hydrogen-bond acceptors (Lipinski definition) is 3. The van der Waals surface area contributed by atoms with Gasteiger partial charge in [0.1, 0.15) is 5.75 Å². The van der Waals surface area contributed by atoms with Crippen LogP contribution >= 0.6 is 0 Å². The van der Waals surface area contributed by atoms with Crippen molar-refractivity contribution >= 4 is 16.8 Å². The summed E-state index contributed by atoms with van der Waals surface area (Å²) in [5, 5.41) is 4.23. The van der Waals surface area contributed by atoms with E-state index in [1.54, 1.807) is 13.3 Å². The molecular weight excluding hydrogens is 398 g/mol. The molecule has 2 heterocycles. The van der Waals surface area contributed by atoms with E-state index in [1.165, 1.54) is 5.56 Å². The van der Waals surface area contributed by atoms with E-state index in [0.717, 1.165) is 39.9 Å². The van der Waals surface area contributed by atoms with Crippen molar-refractivity contribution in [2.45, 2.75) is 32.1 Å². The molecule has 5 nitrogen and oxygen atoms in total. The van der Waals surface area contributed by atoms with Crippen LogP contribution in [0.2, 0.25) is 0 Å². The topological polar surface area (TPSA) is 67.0 Å². The third-order valence-corrected chi connectivity index (χ3v) is 5.92. The number of aryl methyl sites for hydroxylation is 1. The smallest absolute Gasteiger partial charge is 0.220 e. The molecule has 0 aliphatic heterocycles. The first kappa shape index (κ1) is 21.6. The molecule has 32 heavy (non-hydrogen) atoms. The largest absolute Gasteiger partial charge is 0.496 e. The zero-order valence-electron chi connectivity index (χ0n) is 18.6. The number of fused-ring (bicyclic) bond motifs is 1. The first-order valence-corrected chi connectivity index (χ1v) is 11.1. The lowest BCUT2D eigenvalue weighted by atomic mass is 9.87. The van der Waals surface area contributed by atoms with Crippen molar-refractivity contribution in [3.8, 4) is 5.75 Å². The fourth-order valence-corrected chi connectivity index (χ4v) is 4.30. The molecule has 0 spiro atoms. The normalized spacial score (nSPS) is 11.9. The number of aromatic nitrogens is 2. The van der Waals surface area contributed by atoms with Gasteiger partial charge in [-0.05, 0) is 35.7 Å². The van der Waals surface area contributed by atoms with Gasteiger partial charge in [0.25, 0.3) is 0 Å². The molecule has 4 aromatic rings. The number of rotatable bonds is 9. The van der Waals surface area contributed by atoms with Crippen LogP contribution in [0.1, 0.15) is 41.6 Å². The highest BCUT2D eigenvalue weighted by Gasteiger charge is 2.24. The fourth-order valence-electron chi connectivity index (χ4n) is 4.30. The molecule has 2 N–H and O–H groups in total. The van der Waals surface area contributed by atoms with Crippen LogP contribution in [0.25, 0.3) is 10.9 Å². The van der Waals surface area contributed by atoms with Gasteiger partial charge in [-0.1, -0.05) is 49.4 Å². The highest BCUT2D eigenvalue weighted by atomic mass is 16.5. The summed E-state index contributed by atoms with van der Waals surface area (Å²) < 4.78 is 5.65. The number of amides is 1. The predicted molar refractivity (Wildman–Crippen MR) is 128 cm³/mol. The Morgan fingerprint density at radius 3 is 2.69 bits per heavy atom. The number of ether oxygens (including phenoxy) is 1. The van der Waals surface area contributed by atoms with Crippen LogP contribution in [-0.4, -0.2) is 29.5 Å².